The number of carbonyl (C=O) groups is 2. The Labute approximate surface area is 322 Å². The molecule has 0 bridgehead atoms. The van der Waals surface area contributed by atoms with E-state index in [1.807, 2.05) is 0 Å². The predicted molar refractivity (Wildman–Crippen MR) is 161 cm³/mol. The minimum Gasteiger partial charge on any atom is -0.373 e. The highest BCUT2D eigenvalue weighted by Crippen LogP contribution is 2.48. The minimum atomic E-state index is -6.36. The maximum atomic E-state index is 14.1. The zero-order valence-corrected chi connectivity index (χ0v) is 31.1. The van der Waals surface area contributed by atoms with Crippen LogP contribution in [0.3, 0.4) is 0 Å². The lowest BCUT2D eigenvalue weighted by Gasteiger charge is -2.35. The number of halogens is 18. The first-order chi connectivity index (χ1) is 26.4. The molecule has 1 aromatic rings. The monoisotopic (exact) mass is 905 g/mol. The van der Waals surface area contributed by atoms with E-state index >= 15 is 0 Å². The largest absolute Gasteiger partial charge is 0.430 e. The first-order valence-corrected chi connectivity index (χ1v) is 16.7. The van der Waals surface area contributed by atoms with Gasteiger partial charge in [0.2, 0.25) is 25.4 Å². The van der Waals surface area contributed by atoms with Gasteiger partial charge < -0.3 is 10.1 Å². The fraction of sp³-hybridized carbons (Fsp3) is 0.800. The molecule has 0 saturated heterocycles. The summed E-state index contributed by atoms with van der Waals surface area (Å²) in [5.74, 6) is -4.45. The summed E-state index contributed by atoms with van der Waals surface area (Å²) in [7, 11) is 1.63. The summed E-state index contributed by atoms with van der Waals surface area (Å²) in [5.41, 5.74) is -11.2. The van der Waals surface area contributed by atoms with Gasteiger partial charge in [-0.1, -0.05) is 0 Å². The molecule has 0 fully saturated rings. The maximum absolute atomic E-state index is 14.1. The van der Waals surface area contributed by atoms with Crippen LogP contribution in [0.4, 0.5) is 79.0 Å². The first-order valence-electron chi connectivity index (χ1n) is 16.7. The van der Waals surface area contributed by atoms with Crippen LogP contribution in [0.25, 0.3) is 0 Å². The van der Waals surface area contributed by atoms with Crippen molar-refractivity contribution >= 4 is 18.2 Å². The number of amides is 2. The van der Waals surface area contributed by atoms with Gasteiger partial charge in [0.1, 0.15) is 38.6 Å². The maximum Gasteiger partial charge on any atom is 0.430 e. The smallest absolute Gasteiger partial charge is 0.373 e. The molecule has 59 heavy (non-hydrogen) atoms. The lowest BCUT2D eigenvalue weighted by molar-refractivity contribution is -0.981. The van der Waals surface area contributed by atoms with Crippen LogP contribution in [-0.2, 0) is 37.0 Å². The van der Waals surface area contributed by atoms with Crippen LogP contribution in [0.2, 0.25) is 0 Å². The van der Waals surface area contributed by atoms with Gasteiger partial charge in [-0.2, -0.15) is 74.8 Å². The molecular weight excluding hydrogens is 866 g/mol. The van der Waals surface area contributed by atoms with E-state index in [1.165, 1.54) is 23.3 Å². The molecule has 2 rings (SSSR count). The second kappa shape index (κ2) is 18.2. The summed E-state index contributed by atoms with van der Waals surface area (Å²) in [6.07, 6.45) is -39.7. The van der Waals surface area contributed by atoms with Crippen molar-refractivity contribution in [2.45, 2.75) is 93.9 Å². The Bertz CT molecular complexity index is 1600. The highest BCUT2D eigenvalue weighted by Gasteiger charge is 2.73. The van der Waals surface area contributed by atoms with Gasteiger partial charge >= 0.3 is 42.8 Å². The summed E-state index contributed by atoms with van der Waals surface area (Å²) in [6, 6.07) is 0. The average molecular weight is 906 g/mol. The molecule has 0 saturated carbocycles. The van der Waals surface area contributed by atoms with Crippen molar-refractivity contribution in [3.63, 3.8) is 0 Å². The lowest BCUT2D eigenvalue weighted by Crippen LogP contribution is -2.64. The van der Waals surface area contributed by atoms with Crippen molar-refractivity contribution < 1.29 is 116 Å². The molecule has 1 aromatic heterocycles. The number of quaternary nitrogens is 1. The van der Waals surface area contributed by atoms with Gasteiger partial charge in [0.15, 0.2) is 0 Å². The molecule has 2 amide bonds. The van der Waals surface area contributed by atoms with Crippen LogP contribution in [0, 0.1) is 0 Å². The van der Waals surface area contributed by atoms with E-state index in [1.54, 1.807) is 21.1 Å². The summed E-state index contributed by atoms with van der Waals surface area (Å²) >= 11 is 0. The topological polar surface area (TPSA) is 88.9 Å². The Balaban J connectivity index is 1.84. The van der Waals surface area contributed by atoms with E-state index < -0.39 is 104 Å². The molecule has 0 radical (unpaired) electrons. The van der Waals surface area contributed by atoms with Crippen LogP contribution in [0.15, 0.2) is 18.7 Å². The number of nitrogens with one attached hydrogen (secondary N) is 1. The van der Waals surface area contributed by atoms with E-state index in [0.29, 0.717) is 19.6 Å². The van der Waals surface area contributed by atoms with Gasteiger partial charge in [-0.05, 0) is 13.8 Å². The van der Waals surface area contributed by atoms with Crippen molar-refractivity contribution in [3.8, 4) is 0 Å². The third-order valence-corrected chi connectivity index (χ3v) is 8.55. The molecule has 4 unspecified atom stereocenters. The third-order valence-electron chi connectivity index (χ3n) is 8.55. The highest BCUT2D eigenvalue weighted by molar-refractivity contribution is 5.81. The van der Waals surface area contributed by atoms with Crippen molar-refractivity contribution in [2.24, 2.45) is 0 Å². The second-order valence-corrected chi connectivity index (χ2v) is 13.9. The van der Waals surface area contributed by atoms with Crippen molar-refractivity contribution in [1.29, 1.82) is 0 Å². The zero-order valence-electron chi connectivity index (χ0n) is 31.1. The number of ether oxygens (including phenoxy) is 3. The van der Waals surface area contributed by atoms with E-state index in [2.05, 4.69) is 9.47 Å². The normalized spacial score (nSPS) is 18.3. The Morgan fingerprint density at radius 2 is 1.25 bits per heavy atom. The minimum absolute atomic E-state index is 0.0404. The van der Waals surface area contributed by atoms with Crippen molar-refractivity contribution in [1.82, 2.24) is 14.8 Å². The van der Waals surface area contributed by atoms with Gasteiger partial charge in [0.05, 0.1) is 33.9 Å². The Hall–Kier alpha value is -3.60. The number of alkyl halides is 18. The summed E-state index contributed by atoms with van der Waals surface area (Å²) in [6.45, 7) is -1.26. The quantitative estimate of drug-likeness (QED) is 0.0871. The third kappa shape index (κ3) is 13.2. The molecule has 1 aliphatic heterocycles. The van der Waals surface area contributed by atoms with Gasteiger partial charge in [-0.25, -0.2) is 22.6 Å². The molecule has 4 atom stereocenters. The van der Waals surface area contributed by atoms with Crippen LogP contribution < -0.4 is 9.88 Å². The van der Waals surface area contributed by atoms with Crippen LogP contribution in [-0.4, -0.2) is 157 Å². The number of hydrogen-bond acceptors (Lipinski definition) is 6. The number of aromatic nitrogens is 2. The molecule has 1 aliphatic rings. The fourth-order valence-corrected chi connectivity index (χ4v) is 4.81. The molecule has 29 heteroatoms. The first kappa shape index (κ1) is 51.5. The highest BCUT2D eigenvalue weighted by atomic mass is 19.4. The SMILES string of the molecule is CC(F)(C(F)(F)F)C(F)(F)OC(C(=O)NCCC[N+]1=CN(CCOCCn2cc[n+](C[N+](C)(C)C(=O)C(OC(F)(F)C(C)(F)C(F)(F)F)C(F)(F)F)c2)CC1)C(F)(F)F. The standard InChI is InChI=1S/C30H38F18N6O5/c1-23(31,27(39,40)41)29(45,46)58-19(25(33,34)35)21(55)49-6-5-7-50-8-9-51(16-50)12-14-57-15-13-52-10-11-53(17-52)18-54(3,4)22(56)20(26(36,37)38)59-30(47,48)24(2,32)28(42,43)44/h10-11,16-17,19-20H,5-9,12-15,18H2,1-4H3/q+2/p+1. The fourth-order valence-electron chi connectivity index (χ4n) is 4.81. The van der Waals surface area contributed by atoms with Crippen molar-refractivity contribution in [3.05, 3.63) is 18.7 Å². The Morgan fingerprint density at radius 1 is 0.763 bits per heavy atom. The summed E-state index contributed by atoms with van der Waals surface area (Å²) in [5, 5.41) is 1.61. The van der Waals surface area contributed by atoms with Crippen molar-refractivity contribution in [2.75, 3.05) is 60.0 Å². The number of likely N-dealkylation sites (N-methyl/N-ethyl adjacent to an activating group) is 1. The predicted octanol–water partition coefficient (Wildman–Crippen LogP) is 4.88. The molecule has 1 N–H and O–H groups in total. The molecule has 2 heterocycles. The van der Waals surface area contributed by atoms with E-state index in [4.69, 9.17) is 4.74 Å². The number of carbonyl (C=O) groups excluding carboxylic acids is 2. The lowest BCUT2D eigenvalue weighted by atomic mass is 10.1. The van der Waals surface area contributed by atoms with Crippen LogP contribution in [0.1, 0.15) is 20.3 Å². The average Bonchev–Trinajstić information content (AvgIpc) is 3.70. The summed E-state index contributed by atoms with van der Waals surface area (Å²) in [4.78, 5) is 26.4. The van der Waals surface area contributed by atoms with E-state index in [9.17, 15) is 88.6 Å². The van der Waals surface area contributed by atoms with Gasteiger partial charge in [0, 0.05) is 13.0 Å². The number of rotatable bonds is 20. The number of imidazole rings is 1. The van der Waals surface area contributed by atoms with Gasteiger partial charge in [0.25, 0.3) is 23.3 Å². The zero-order chi connectivity index (χ0) is 45.8. The second-order valence-electron chi connectivity index (χ2n) is 13.9. The van der Waals surface area contributed by atoms with Crippen LogP contribution in [0.5, 0.6) is 0 Å². The molecule has 0 aromatic carbocycles. The molecule has 342 valence electrons. The van der Waals surface area contributed by atoms with E-state index in [0.717, 1.165) is 18.7 Å². The molecular formula is C30H39F18N6O5+3. The van der Waals surface area contributed by atoms with Gasteiger partial charge in [-0.3, -0.25) is 23.7 Å². The number of hydrogen-bond donors (Lipinski definition) is 1. The molecule has 0 spiro atoms. The Morgan fingerprint density at radius 3 is 1.75 bits per heavy atom. The molecule has 11 nitrogen and oxygen atoms in total. The Kier molecular flexibility index (Phi) is 15.9. The molecule has 0 aliphatic carbocycles. The number of nitrogens with zero attached hydrogens (tertiary/aromatic N) is 5. The summed E-state index contributed by atoms with van der Waals surface area (Å²) < 4.78 is 254. The van der Waals surface area contributed by atoms with Crippen LogP contribution >= 0.6 is 0 Å². The van der Waals surface area contributed by atoms with E-state index in [-0.39, 0.29) is 32.7 Å². The van der Waals surface area contributed by atoms with Gasteiger partial charge in [-0.15, -0.1) is 0 Å².